The zero-order valence-electron chi connectivity index (χ0n) is 10.1. The van der Waals surface area contributed by atoms with Gasteiger partial charge in [-0.25, -0.2) is 0 Å². The Morgan fingerprint density at radius 1 is 1.37 bits per heavy atom. The number of nitrogens with one attached hydrogen (secondary N) is 1. The lowest BCUT2D eigenvalue weighted by molar-refractivity contribution is -0.141. The highest BCUT2D eigenvalue weighted by molar-refractivity contribution is 5.70. The van der Waals surface area contributed by atoms with Crippen LogP contribution in [-0.4, -0.2) is 23.8 Å². The lowest BCUT2D eigenvalue weighted by atomic mass is 9.94. The van der Waals surface area contributed by atoms with Gasteiger partial charge in [0.25, 0.3) is 0 Å². The van der Waals surface area contributed by atoms with Gasteiger partial charge in [0.05, 0.1) is 12.3 Å². The maximum atomic E-state index is 12.5. The third-order valence-electron chi connectivity index (χ3n) is 3.30. The van der Waals surface area contributed by atoms with Crippen LogP contribution in [0.1, 0.15) is 23.6 Å². The van der Waals surface area contributed by atoms with Gasteiger partial charge < -0.3 is 10.4 Å². The lowest BCUT2D eigenvalue weighted by Crippen LogP contribution is -2.19. The first kappa shape index (κ1) is 13.9. The summed E-state index contributed by atoms with van der Waals surface area (Å²) in [6, 6.07) is 5.99. The number of aliphatic carboxylic acids is 1. The van der Waals surface area contributed by atoms with E-state index < -0.39 is 24.5 Å². The Kier molecular flexibility index (Phi) is 3.80. The van der Waals surface area contributed by atoms with Crippen molar-refractivity contribution in [1.82, 2.24) is 5.32 Å². The van der Waals surface area contributed by atoms with Gasteiger partial charge in [-0.2, -0.15) is 13.2 Å². The molecule has 0 radical (unpaired) electrons. The molecular weight excluding hydrogens is 259 g/mol. The molecule has 1 saturated heterocycles. The smallest absolute Gasteiger partial charge is 0.393 e. The molecule has 1 aliphatic heterocycles. The molecule has 2 rings (SSSR count). The number of alkyl halides is 3. The van der Waals surface area contributed by atoms with E-state index in [2.05, 4.69) is 5.32 Å². The molecule has 6 heteroatoms. The predicted octanol–water partition coefficient (Wildman–Crippen LogP) is 2.53. The molecule has 1 heterocycles. The van der Waals surface area contributed by atoms with Crippen LogP contribution in [0.2, 0.25) is 0 Å². The van der Waals surface area contributed by atoms with Gasteiger partial charge in [-0.1, -0.05) is 24.3 Å². The number of rotatable bonds is 3. The number of carboxylic acid groups (broad SMARTS) is 1. The topological polar surface area (TPSA) is 49.3 Å². The first-order valence-electron chi connectivity index (χ1n) is 5.97. The van der Waals surface area contributed by atoms with Gasteiger partial charge in [0.15, 0.2) is 0 Å². The average molecular weight is 273 g/mol. The van der Waals surface area contributed by atoms with Crippen molar-refractivity contribution in [2.75, 3.05) is 6.54 Å². The Balaban J connectivity index is 2.19. The summed E-state index contributed by atoms with van der Waals surface area (Å²) in [4.78, 5) is 10.9. The van der Waals surface area contributed by atoms with Gasteiger partial charge in [-0.15, -0.1) is 0 Å². The van der Waals surface area contributed by atoms with Gasteiger partial charge in [-0.05, 0) is 17.5 Å². The maximum absolute atomic E-state index is 12.5. The van der Waals surface area contributed by atoms with Crippen LogP contribution in [-0.2, 0) is 11.2 Å². The van der Waals surface area contributed by atoms with E-state index in [9.17, 15) is 18.0 Å². The summed E-state index contributed by atoms with van der Waals surface area (Å²) in [6.07, 6.45) is -4.93. The third kappa shape index (κ3) is 3.47. The van der Waals surface area contributed by atoms with Crippen LogP contribution in [0.5, 0.6) is 0 Å². The van der Waals surface area contributed by atoms with Crippen LogP contribution >= 0.6 is 0 Å². The molecule has 2 unspecified atom stereocenters. The summed E-state index contributed by atoms with van der Waals surface area (Å²) in [5.74, 6) is -1.45. The van der Waals surface area contributed by atoms with E-state index in [4.69, 9.17) is 5.11 Å². The number of benzene rings is 1. The SMILES string of the molecule is O=C(O)C1CNC(c2ccccc2CC(F)(F)F)C1. The predicted molar refractivity (Wildman–Crippen MR) is 62.7 cm³/mol. The third-order valence-corrected chi connectivity index (χ3v) is 3.30. The van der Waals surface area contributed by atoms with E-state index in [1.54, 1.807) is 18.2 Å². The first-order valence-corrected chi connectivity index (χ1v) is 5.97. The van der Waals surface area contributed by atoms with Crippen molar-refractivity contribution in [2.45, 2.75) is 25.1 Å². The highest BCUT2D eigenvalue weighted by Gasteiger charge is 2.34. The molecule has 0 aromatic heterocycles. The summed E-state index contributed by atoms with van der Waals surface area (Å²) >= 11 is 0. The highest BCUT2D eigenvalue weighted by Crippen LogP contribution is 2.32. The van der Waals surface area contributed by atoms with Crippen LogP contribution in [0, 0.1) is 5.92 Å². The fraction of sp³-hybridized carbons (Fsp3) is 0.462. The summed E-state index contributed by atoms with van der Waals surface area (Å²) in [7, 11) is 0. The summed E-state index contributed by atoms with van der Waals surface area (Å²) < 4.78 is 37.5. The summed E-state index contributed by atoms with van der Waals surface area (Å²) in [6.45, 7) is 0.292. The normalized spacial score (nSPS) is 23.5. The van der Waals surface area contributed by atoms with E-state index in [0.717, 1.165) is 0 Å². The van der Waals surface area contributed by atoms with Gasteiger partial charge in [0.1, 0.15) is 0 Å². The minimum Gasteiger partial charge on any atom is -0.481 e. The van der Waals surface area contributed by atoms with Gasteiger partial charge in [-0.3, -0.25) is 4.79 Å². The molecule has 0 aliphatic carbocycles. The van der Waals surface area contributed by atoms with Crippen molar-refractivity contribution in [3.63, 3.8) is 0 Å². The van der Waals surface area contributed by atoms with Gasteiger partial charge >= 0.3 is 12.1 Å². The first-order chi connectivity index (χ1) is 8.87. The molecule has 2 atom stereocenters. The quantitative estimate of drug-likeness (QED) is 0.889. The summed E-state index contributed by atoms with van der Waals surface area (Å²) in [5.41, 5.74) is 0.752. The molecule has 3 nitrogen and oxygen atoms in total. The monoisotopic (exact) mass is 273 g/mol. The van der Waals surface area contributed by atoms with Crippen molar-refractivity contribution in [1.29, 1.82) is 0 Å². The highest BCUT2D eigenvalue weighted by atomic mass is 19.4. The van der Waals surface area contributed by atoms with E-state index in [1.807, 2.05) is 0 Å². The molecular formula is C13H14F3NO2. The van der Waals surface area contributed by atoms with Crippen molar-refractivity contribution in [3.8, 4) is 0 Å². The fourth-order valence-corrected chi connectivity index (χ4v) is 2.41. The Labute approximate surface area is 108 Å². The Hall–Kier alpha value is -1.56. The van der Waals surface area contributed by atoms with Crippen molar-refractivity contribution < 1.29 is 23.1 Å². The number of hydrogen-bond acceptors (Lipinski definition) is 2. The van der Waals surface area contributed by atoms with Crippen LogP contribution in [0.15, 0.2) is 24.3 Å². The van der Waals surface area contributed by atoms with Crippen LogP contribution in [0.4, 0.5) is 13.2 Å². The second-order valence-corrected chi connectivity index (χ2v) is 4.72. The zero-order valence-corrected chi connectivity index (χ0v) is 10.1. The standard InChI is InChI=1S/C13H14F3NO2/c14-13(15,16)6-8-3-1-2-4-10(8)11-5-9(7-17-11)12(18)19/h1-4,9,11,17H,5-7H2,(H,18,19). The maximum Gasteiger partial charge on any atom is 0.393 e. The number of carboxylic acids is 1. The van der Waals surface area contributed by atoms with Crippen LogP contribution < -0.4 is 5.32 Å². The molecule has 1 aliphatic rings. The molecule has 19 heavy (non-hydrogen) atoms. The van der Waals surface area contributed by atoms with Gasteiger partial charge in [0.2, 0.25) is 0 Å². The van der Waals surface area contributed by atoms with E-state index in [-0.39, 0.29) is 11.6 Å². The Bertz CT molecular complexity index is 473. The number of carbonyl (C=O) groups is 1. The largest absolute Gasteiger partial charge is 0.481 e. The molecule has 0 bridgehead atoms. The molecule has 2 N–H and O–H groups in total. The second-order valence-electron chi connectivity index (χ2n) is 4.72. The molecule has 0 spiro atoms. The zero-order chi connectivity index (χ0) is 14.0. The van der Waals surface area contributed by atoms with Gasteiger partial charge in [0, 0.05) is 12.6 Å². The molecule has 0 amide bonds. The fourth-order valence-electron chi connectivity index (χ4n) is 2.41. The minimum atomic E-state index is -4.26. The van der Waals surface area contributed by atoms with Crippen molar-refractivity contribution in [2.24, 2.45) is 5.92 Å². The van der Waals surface area contributed by atoms with E-state index in [1.165, 1.54) is 6.07 Å². The molecule has 1 fully saturated rings. The van der Waals surface area contributed by atoms with E-state index >= 15 is 0 Å². The van der Waals surface area contributed by atoms with Crippen LogP contribution in [0.3, 0.4) is 0 Å². The van der Waals surface area contributed by atoms with Crippen molar-refractivity contribution in [3.05, 3.63) is 35.4 Å². The average Bonchev–Trinajstić information content (AvgIpc) is 2.76. The van der Waals surface area contributed by atoms with E-state index in [0.29, 0.717) is 18.5 Å². The lowest BCUT2D eigenvalue weighted by Gasteiger charge is -2.17. The Morgan fingerprint density at radius 3 is 2.63 bits per heavy atom. The van der Waals surface area contributed by atoms with Crippen LogP contribution in [0.25, 0.3) is 0 Å². The minimum absolute atomic E-state index is 0.207. The van der Waals surface area contributed by atoms with Crippen molar-refractivity contribution >= 4 is 5.97 Å². The summed E-state index contributed by atoms with van der Waals surface area (Å²) in [5, 5.41) is 11.9. The Morgan fingerprint density at radius 2 is 2.05 bits per heavy atom. The molecule has 0 saturated carbocycles. The molecule has 104 valence electrons. The number of hydrogen-bond donors (Lipinski definition) is 2. The second kappa shape index (κ2) is 5.21. The molecule has 1 aromatic carbocycles. The molecule has 1 aromatic rings. The number of halogens is 3.